The van der Waals surface area contributed by atoms with Gasteiger partial charge in [-0.1, -0.05) is 13.8 Å². The molecule has 0 aromatic heterocycles. The number of unbranched alkanes of at least 4 members (excludes halogenated alkanes) is 1. The largest absolute Gasteiger partial charge is 0.350 e. The minimum Gasteiger partial charge on any atom is -0.350 e. The van der Waals surface area contributed by atoms with Crippen LogP contribution in [0.5, 0.6) is 0 Å². The fourth-order valence-corrected chi connectivity index (χ4v) is 1.03. The van der Waals surface area contributed by atoms with Crippen LogP contribution in [0.2, 0.25) is 0 Å². The summed E-state index contributed by atoms with van der Waals surface area (Å²) in [7, 11) is 0. The molecule has 0 bridgehead atoms. The first-order valence-electron chi connectivity index (χ1n) is 4.87. The van der Waals surface area contributed by atoms with Crippen LogP contribution < -0.4 is 5.73 Å². The molecule has 1 saturated heterocycles. The van der Waals surface area contributed by atoms with Gasteiger partial charge in [-0.2, -0.15) is 0 Å². The van der Waals surface area contributed by atoms with Crippen molar-refractivity contribution < 1.29 is 9.47 Å². The lowest BCUT2D eigenvalue weighted by molar-refractivity contribution is -0.0478. The summed E-state index contributed by atoms with van der Waals surface area (Å²) >= 11 is 0. The van der Waals surface area contributed by atoms with E-state index in [4.69, 9.17) is 15.2 Å². The third-order valence-electron chi connectivity index (χ3n) is 1.58. The van der Waals surface area contributed by atoms with Gasteiger partial charge < -0.3 is 15.2 Å². The van der Waals surface area contributed by atoms with E-state index < -0.39 is 0 Å². The van der Waals surface area contributed by atoms with Crippen molar-refractivity contribution in [1.29, 1.82) is 0 Å². The third kappa shape index (κ3) is 5.52. The third-order valence-corrected chi connectivity index (χ3v) is 1.58. The Hall–Kier alpha value is -0.120. The Bertz CT molecular complexity index is 82.6. The zero-order valence-electron chi connectivity index (χ0n) is 8.21. The number of hydrogen-bond donors (Lipinski definition) is 1. The lowest BCUT2D eigenvalue weighted by Gasteiger charge is -2.06. The van der Waals surface area contributed by atoms with Crippen LogP contribution in [-0.2, 0) is 9.47 Å². The van der Waals surface area contributed by atoms with Gasteiger partial charge in [-0.3, -0.25) is 0 Å². The highest BCUT2D eigenvalue weighted by Crippen LogP contribution is 2.10. The number of ether oxygens (including phenoxy) is 2. The van der Waals surface area contributed by atoms with Crippen LogP contribution in [-0.4, -0.2) is 26.0 Å². The van der Waals surface area contributed by atoms with Gasteiger partial charge in [-0.15, -0.1) is 0 Å². The van der Waals surface area contributed by atoms with Gasteiger partial charge in [0.25, 0.3) is 0 Å². The Morgan fingerprint density at radius 1 is 1.17 bits per heavy atom. The molecule has 1 heterocycles. The summed E-state index contributed by atoms with van der Waals surface area (Å²) in [5.41, 5.74) is 5.33. The number of hydrogen-bond acceptors (Lipinski definition) is 3. The van der Waals surface area contributed by atoms with Crippen molar-refractivity contribution in [2.24, 2.45) is 5.73 Å². The van der Waals surface area contributed by atoms with Crippen molar-refractivity contribution in [1.82, 2.24) is 0 Å². The predicted octanol–water partition coefficient (Wildman–Crippen LogP) is 1.51. The topological polar surface area (TPSA) is 44.5 Å². The molecule has 1 aliphatic rings. The number of rotatable bonds is 4. The maximum absolute atomic E-state index is 5.33. The maximum Gasteiger partial charge on any atom is 0.157 e. The second-order valence-corrected chi connectivity index (χ2v) is 2.46. The maximum atomic E-state index is 5.33. The Balaban J connectivity index is 0.000000561. The lowest BCUT2D eigenvalue weighted by atomic mass is 10.2. The van der Waals surface area contributed by atoms with Gasteiger partial charge in [0.15, 0.2) is 6.29 Å². The molecule has 0 saturated carbocycles. The molecule has 2 N–H and O–H groups in total. The second-order valence-electron chi connectivity index (χ2n) is 2.46. The van der Waals surface area contributed by atoms with E-state index in [-0.39, 0.29) is 6.29 Å². The van der Waals surface area contributed by atoms with E-state index in [1.54, 1.807) is 0 Å². The molecule has 0 aromatic carbocycles. The normalized spacial score (nSPS) is 17.2. The summed E-state index contributed by atoms with van der Waals surface area (Å²) < 4.78 is 10.5. The molecule has 1 aliphatic heterocycles. The molecule has 12 heavy (non-hydrogen) atoms. The Morgan fingerprint density at radius 3 is 2.25 bits per heavy atom. The highest BCUT2D eigenvalue weighted by molar-refractivity contribution is 4.52. The van der Waals surface area contributed by atoms with Crippen molar-refractivity contribution in [3.63, 3.8) is 0 Å². The van der Waals surface area contributed by atoms with Gasteiger partial charge in [0.2, 0.25) is 0 Å². The molecule has 0 unspecified atom stereocenters. The van der Waals surface area contributed by atoms with Gasteiger partial charge >= 0.3 is 0 Å². The van der Waals surface area contributed by atoms with E-state index in [2.05, 4.69) is 0 Å². The Labute approximate surface area is 75.2 Å². The van der Waals surface area contributed by atoms with E-state index in [1.807, 2.05) is 13.8 Å². The lowest BCUT2D eigenvalue weighted by Crippen LogP contribution is -2.08. The quantitative estimate of drug-likeness (QED) is 0.659. The Kier molecular flexibility index (Phi) is 8.88. The molecule has 1 rings (SSSR count). The average Bonchev–Trinajstić information content (AvgIpc) is 2.61. The first-order valence-corrected chi connectivity index (χ1v) is 4.87. The van der Waals surface area contributed by atoms with Crippen molar-refractivity contribution in [2.75, 3.05) is 19.8 Å². The van der Waals surface area contributed by atoms with Crippen molar-refractivity contribution in [3.05, 3.63) is 0 Å². The number of nitrogens with two attached hydrogens (primary N) is 1. The van der Waals surface area contributed by atoms with Gasteiger partial charge in [-0.25, -0.2) is 0 Å². The second kappa shape index (κ2) is 8.97. The fraction of sp³-hybridized carbons (Fsp3) is 1.00. The highest BCUT2D eigenvalue weighted by Gasteiger charge is 2.14. The van der Waals surface area contributed by atoms with E-state index in [1.165, 1.54) is 0 Å². The molecule has 0 amide bonds. The molecular formula is C9H21NO2. The summed E-state index contributed by atoms with van der Waals surface area (Å²) in [6, 6.07) is 0. The predicted molar refractivity (Wildman–Crippen MR) is 49.9 cm³/mol. The van der Waals surface area contributed by atoms with Crippen LogP contribution in [0.1, 0.15) is 33.1 Å². The van der Waals surface area contributed by atoms with Crippen LogP contribution in [0.15, 0.2) is 0 Å². The molecule has 0 aromatic rings. The fourth-order valence-electron chi connectivity index (χ4n) is 1.03. The van der Waals surface area contributed by atoms with E-state index in [0.717, 1.165) is 39.0 Å². The SMILES string of the molecule is CC.NCCCCC1OCCO1. The molecule has 1 fully saturated rings. The Morgan fingerprint density at radius 2 is 1.75 bits per heavy atom. The van der Waals surface area contributed by atoms with E-state index in [0.29, 0.717) is 0 Å². The summed E-state index contributed by atoms with van der Waals surface area (Å²) in [5.74, 6) is 0. The summed E-state index contributed by atoms with van der Waals surface area (Å²) in [5, 5.41) is 0. The van der Waals surface area contributed by atoms with E-state index in [9.17, 15) is 0 Å². The molecule has 0 spiro atoms. The highest BCUT2D eigenvalue weighted by atomic mass is 16.7. The molecular weight excluding hydrogens is 154 g/mol. The minimum absolute atomic E-state index is 0.0616. The van der Waals surface area contributed by atoms with Crippen LogP contribution in [0.3, 0.4) is 0 Å². The minimum atomic E-state index is 0.0616. The van der Waals surface area contributed by atoms with Crippen molar-refractivity contribution in [3.8, 4) is 0 Å². The average molecular weight is 175 g/mol. The van der Waals surface area contributed by atoms with Gasteiger partial charge in [0, 0.05) is 0 Å². The van der Waals surface area contributed by atoms with Crippen LogP contribution in [0.25, 0.3) is 0 Å². The van der Waals surface area contributed by atoms with Gasteiger partial charge in [-0.05, 0) is 25.8 Å². The monoisotopic (exact) mass is 175 g/mol. The first-order chi connectivity index (χ1) is 5.93. The zero-order chi connectivity index (χ0) is 9.23. The smallest absolute Gasteiger partial charge is 0.157 e. The molecule has 0 atom stereocenters. The van der Waals surface area contributed by atoms with Crippen molar-refractivity contribution in [2.45, 2.75) is 39.4 Å². The first kappa shape index (κ1) is 11.9. The standard InChI is InChI=1S/C7H15NO2.C2H6/c8-4-2-1-3-7-9-5-6-10-7;1-2/h7H,1-6,8H2;1-2H3. The van der Waals surface area contributed by atoms with E-state index >= 15 is 0 Å². The summed E-state index contributed by atoms with van der Waals surface area (Å²) in [4.78, 5) is 0. The zero-order valence-corrected chi connectivity index (χ0v) is 8.21. The van der Waals surface area contributed by atoms with Crippen LogP contribution >= 0.6 is 0 Å². The summed E-state index contributed by atoms with van der Waals surface area (Å²) in [6.45, 7) is 6.29. The molecule has 3 nitrogen and oxygen atoms in total. The van der Waals surface area contributed by atoms with Crippen LogP contribution in [0.4, 0.5) is 0 Å². The molecule has 74 valence electrons. The van der Waals surface area contributed by atoms with Gasteiger partial charge in [0.1, 0.15) is 0 Å². The molecule has 0 radical (unpaired) electrons. The van der Waals surface area contributed by atoms with Crippen molar-refractivity contribution >= 4 is 0 Å². The molecule has 3 heteroatoms. The summed E-state index contributed by atoms with van der Waals surface area (Å²) in [6.07, 6.45) is 3.24. The van der Waals surface area contributed by atoms with Gasteiger partial charge in [0.05, 0.1) is 13.2 Å². The van der Waals surface area contributed by atoms with Crippen LogP contribution in [0, 0.1) is 0 Å². The molecule has 0 aliphatic carbocycles.